The third-order valence-electron chi connectivity index (χ3n) is 11.2. The first-order chi connectivity index (χ1) is 23.8. The summed E-state index contributed by atoms with van der Waals surface area (Å²) in [5, 5.41) is 11.4. The van der Waals surface area contributed by atoms with Crippen molar-refractivity contribution in [2.24, 2.45) is 38.7 Å². The van der Waals surface area contributed by atoms with Crippen LogP contribution in [0.4, 0.5) is 11.6 Å². The van der Waals surface area contributed by atoms with E-state index in [1.807, 2.05) is 25.1 Å². The van der Waals surface area contributed by atoms with Crippen LogP contribution in [0.3, 0.4) is 0 Å². The van der Waals surface area contributed by atoms with E-state index in [-0.39, 0.29) is 16.9 Å². The molecule has 5 heterocycles. The maximum absolute atomic E-state index is 11.4. The zero-order valence-electron chi connectivity index (χ0n) is 31.8. The molecule has 11 nitrogen and oxygen atoms in total. The van der Waals surface area contributed by atoms with Gasteiger partial charge >= 0.3 is 170 Å². The summed E-state index contributed by atoms with van der Waals surface area (Å²) >= 11 is 7.22. The number of nitrogens with two attached hydrogens (primary N) is 2. The van der Waals surface area contributed by atoms with Gasteiger partial charge in [0.2, 0.25) is 5.96 Å². The monoisotopic (exact) mass is 848 g/mol. The molecule has 3 atom stereocenters. The minimum absolute atomic E-state index is 0.0235. The second-order valence-corrected chi connectivity index (χ2v) is 23.6. The van der Waals surface area contributed by atoms with Crippen LogP contribution >= 0.6 is 39.1 Å². The predicted octanol–water partition coefficient (Wildman–Crippen LogP) is 8.04. The van der Waals surface area contributed by atoms with Gasteiger partial charge in [0, 0.05) is 11.7 Å². The summed E-state index contributed by atoms with van der Waals surface area (Å²) in [6, 6.07) is 0. The molecule has 0 aliphatic carbocycles. The number of imidazole rings is 2. The molecule has 5 N–H and O–H groups in total. The molecule has 0 bridgehead atoms. The van der Waals surface area contributed by atoms with E-state index in [1.165, 1.54) is 12.6 Å². The molecule has 1 fully saturated rings. The van der Waals surface area contributed by atoms with Gasteiger partial charge in [0.05, 0.1) is 5.70 Å². The van der Waals surface area contributed by atoms with Gasteiger partial charge in [-0.25, -0.2) is 4.98 Å². The Kier molecular flexibility index (Phi) is 11.8. The number of rotatable bonds is 13. The van der Waals surface area contributed by atoms with Gasteiger partial charge in [-0.1, -0.05) is 39.8 Å². The maximum atomic E-state index is 11.4. The van der Waals surface area contributed by atoms with Gasteiger partial charge in [0.1, 0.15) is 5.69 Å². The molecular formula is C37H59Br2N10OP. The second kappa shape index (κ2) is 15.1. The van der Waals surface area contributed by atoms with Crippen LogP contribution in [0.15, 0.2) is 38.7 Å². The summed E-state index contributed by atoms with van der Waals surface area (Å²) in [5.41, 5.74) is 15.8. The molecule has 0 amide bonds. The molecule has 0 saturated carbocycles. The minimum Gasteiger partial charge on any atom is -0.369 e. The Balaban J connectivity index is 1.19. The number of aliphatic hydroxyl groups excluding tert-OH is 1. The molecule has 282 valence electrons. The van der Waals surface area contributed by atoms with Crippen molar-refractivity contribution < 1.29 is 5.11 Å². The Morgan fingerprint density at radius 2 is 1.63 bits per heavy atom. The number of halogens is 2. The van der Waals surface area contributed by atoms with Gasteiger partial charge < -0.3 is 10.6 Å². The van der Waals surface area contributed by atoms with Gasteiger partial charge in [-0.05, 0) is 49.0 Å². The number of aliphatic hydroxyl groups is 1. The van der Waals surface area contributed by atoms with E-state index in [2.05, 4.69) is 106 Å². The molecule has 1 saturated heterocycles. The van der Waals surface area contributed by atoms with E-state index < -0.39 is 13.4 Å². The first-order valence-electron chi connectivity index (χ1n) is 18.3. The number of hydrogen-bond donors (Lipinski definition) is 3. The van der Waals surface area contributed by atoms with Crippen molar-refractivity contribution in [2.45, 2.75) is 98.3 Å². The molecule has 5 rings (SSSR count). The van der Waals surface area contributed by atoms with Gasteiger partial charge in [-0.2, -0.15) is 4.99 Å². The molecule has 51 heavy (non-hydrogen) atoms. The first-order valence-corrected chi connectivity index (χ1v) is 23.3. The van der Waals surface area contributed by atoms with E-state index in [1.54, 1.807) is 0 Å². The zero-order chi connectivity index (χ0) is 37.6. The summed E-state index contributed by atoms with van der Waals surface area (Å²) in [6.45, 7) is 28.1. The topological polar surface area (TPSA) is 139 Å². The number of nitrogens with zero attached hydrogens (tertiary/aromatic N) is 8. The summed E-state index contributed by atoms with van der Waals surface area (Å²) in [4.78, 5) is 23.1. The van der Waals surface area contributed by atoms with Crippen LogP contribution in [0.5, 0.6) is 0 Å². The number of aromatic nitrogens is 4. The summed E-state index contributed by atoms with van der Waals surface area (Å²) in [7, 11) is -1.29. The van der Waals surface area contributed by atoms with E-state index in [0.717, 1.165) is 55.4 Å². The van der Waals surface area contributed by atoms with Crippen LogP contribution in [-0.2, 0) is 6.54 Å². The zero-order valence-corrected chi connectivity index (χ0v) is 36.0. The number of aliphatic imine (C=N–C) groups is 2. The molecule has 3 aliphatic heterocycles. The number of fused-ring (bicyclic) bond motifs is 2. The first kappa shape index (κ1) is 39.7. The van der Waals surface area contributed by atoms with E-state index in [0.29, 0.717) is 57.7 Å². The number of allylic oxidation sites excluding steroid dienone is 1. The third kappa shape index (κ3) is 8.36. The molecule has 14 heteroatoms. The Morgan fingerprint density at radius 1 is 0.980 bits per heavy atom. The summed E-state index contributed by atoms with van der Waals surface area (Å²) in [5.74, 6) is 2.95. The predicted molar refractivity (Wildman–Crippen MR) is 224 cm³/mol. The molecule has 0 aromatic carbocycles. The molecule has 2 aromatic rings. The van der Waals surface area contributed by atoms with Crippen LogP contribution < -0.4 is 11.5 Å². The SMILES string of the molecule is C=C1c2nc(Br)n(C[C@H](O)C3C[PH](C)(C)CCC3C)c2N=C(N)N1CCC(C)(C)CCCC(C)(C)N1C(=C)c2nc(Br)n(C=CCC)c2N=C1N. The summed E-state index contributed by atoms with van der Waals surface area (Å²) < 4.78 is 5.17. The molecule has 0 radical (unpaired) electrons. The van der Waals surface area contributed by atoms with Crippen molar-refractivity contribution in [1.82, 2.24) is 28.9 Å². The average molecular weight is 851 g/mol. The van der Waals surface area contributed by atoms with Gasteiger partial charge in [0.25, 0.3) is 0 Å². The molecular weight excluding hydrogens is 791 g/mol. The average Bonchev–Trinajstić information content (AvgIpc) is 3.51. The Bertz CT molecular complexity index is 1750. The Labute approximate surface area is 322 Å². The van der Waals surface area contributed by atoms with Crippen molar-refractivity contribution in [2.75, 3.05) is 32.2 Å². The second-order valence-electron chi connectivity index (χ2n) is 16.9. The molecule has 2 unspecified atom stereocenters. The Morgan fingerprint density at radius 3 is 2.31 bits per heavy atom. The van der Waals surface area contributed by atoms with Crippen LogP contribution in [0.25, 0.3) is 17.6 Å². The standard InChI is InChI=1S/C37H59Br2N10OP/c1-11-12-18-47-30-29(43-32(47)38)25(4)49(35(41)45-30)37(7,8)16-13-15-36(5,6)17-19-46-24(3)28-31(44-34(46)40)48(33(39)42-28)21-27(50)26-22-51(9,10)20-14-23(26)2/h12,18,23,26-27,50-51H,3-4,11,13-17,19-22H2,1-2,5-10H3,(H2,40,44)(H2,41,45)/t23?,26?,27-/m0/s1. The molecule has 3 aliphatic rings. The summed E-state index contributed by atoms with van der Waals surface area (Å²) in [6.07, 6.45) is 11.9. The van der Waals surface area contributed by atoms with Crippen molar-refractivity contribution in [1.29, 1.82) is 0 Å². The third-order valence-corrected chi connectivity index (χ3v) is 15.6. The van der Waals surface area contributed by atoms with Crippen LogP contribution in [0.2, 0.25) is 0 Å². The molecule has 2 aromatic heterocycles. The fourth-order valence-electron chi connectivity index (χ4n) is 7.95. The number of guanidine groups is 2. The number of hydrogen-bond acceptors (Lipinski definition) is 9. The normalized spacial score (nSPS) is 22.2. The Hall–Kier alpha value is -2.47. The van der Waals surface area contributed by atoms with Crippen molar-refractivity contribution >= 4 is 80.3 Å². The van der Waals surface area contributed by atoms with E-state index in [9.17, 15) is 5.11 Å². The smallest absolute Gasteiger partial charge is 0.369 e. The van der Waals surface area contributed by atoms with Crippen molar-refractivity contribution in [3.8, 4) is 0 Å². The van der Waals surface area contributed by atoms with Crippen molar-refractivity contribution in [3.05, 3.63) is 40.1 Å². The van der Waals surface area contributed by atoms with E-state index in [4.69, 9.17) is 31.4 Å². The van der Waals surface area contributed by atoms with Crippen molar-refractivity contribution in [3.63, 3.8) is 0 Å². The quantitative estimate of drug-likeness (QED) is 0.174. The van der Waals surface area contributed by atoms with Gasteiger partial charge in [-0.3, -0.25) is 4.57 Å². The van der Waals surface area contributed by atoms with Crippen LogP contribution in [0, 0.1) is 17.3 Å². The fourth-order valence-corrected chi connectivity index (χ4v) is 12.3. The van der Waals surface area contributed by atoms with Gasteiger partial charge in [-0.15, -0.1) is 0 Å². The molecule has 0 spiro atoms. The van der Waals surface area contributed by atoms with Crippen LogP contribution in [0.1, 0.15) is 91.5 Å². The van der Waals surface area contributed by atoms with Crippen LogP contribution in [-0.4, -0.2) is 89.8 Å². The van der Waals surface area contributed by atoms with Gasteiger partial charge in [0.15, 0.2) is 10.6 Å². The minimum atomic E-state index is -1.29. The van der Waals surface area contributed by atoms with E-state index >= 15 is 0 Å². The fraction of sp³-hybridized carbons (Fsp3) is 0.622.